The van der Waals surface area contributed by atoms with Crippen LogP contribution in [0.25, 0.3) is 0 Å². The van der Waals surface area contributed by atoms with Gasteiger partial charge >= 0.3 is 5.97 Å². The van der Waals surface area contributed by atoms with Crippen molar-refractivity contribution in [2.75, 3.05) is 13.1 Å². The molecule has 2 saturated heterocycles. The van der Waals surface area contributed by atoms with Gasteiger partial charge in [0.25, 0.3) is 0 Å². The summed E-state index contributed by atoms with van der Waals surface area (Å²) in [5.41, 5.74) is 4.22. The quantitative estimate of drug-likeness (QED) is 0.458. The molecule has 4 atom stereocenters. The molecule has 0 spiro atoms. The summed E-state index contributed by atoms with van der Waals surface area (Å²) in [7, 11) is 0. The van der Waals surface area contributed by atoms with Crippen LogP contribution in [0.5, 0.6) is 0 Å². The van der Waals surface area contributed by atoms with Crippen molar-refractivity contribution in [2.45, 2.75) is 47.5 Å². The fraction of sp³-hybridized carbons (Fsp3) is 0.833. The number of carbonyl (C=O) groups excluding carboxylic acids is 2. The van der Waals surface area contributed by atoms with E-state index in [1.165, 1.54) is 6.92 Å². The van der Waals surface area contributed by atoms with Gasteiger partial charge in [-0.15, -0.1) is 0 Å². The molecular formula is C12H18Cl3N3O4. The van der Waals surface area contributed by atoms with Crippen molar-refractivity contribution in [3.63, 3.8) is 0 Å². The van der Waals surface area contributed by atoms with E-state index in [1.54, 1.807) is 4.90 Å². The zero-order valence-electron chi connectivity index (χ0n) is 11.9. The van der Waals surface area contributed by atoms with Crippen molar-refractivity contribution in [2.24, 2.45) is 5.73 Å². The van der Waals surface area contributed by atoms with E-state index in [4.69, 9.17) is 45.3 Å². The van der Waals surface area contributed by atoms with E-state index in [0.29, 0.717) is 13.0 Å². The molecule has 4 N–H and O–H groups in total. The average molecular weight is 375 g/mol. The van der Waals surface area contributed by atoms with Crippen molar-refractivity contribution in [1.82, 2.24) is 10.2 Å². The highest BCUT2D eigenvalue weighted by Gasteiger charge is 2.62. The van der Waals surface area contributed by atoms with Crippen molar-refractivity contribution in [1.29, 1.82) is 0 Å². The van der Waals surface area contributed by atoms with Gasteiger partial charge in [-0.2, -0.15) is 0 Å². The topological polar surface area (TPSA) is 105 Å². The molecule has 2 aliphatic rings. The molecule has 2 fully saturated rings. The third-order valence-corrected chi connectivity index (χ3v) is 4.66. The number of aliphatic hydroxyl groups excluding tert-OH is 1. The lowest BCUT2D eigenvalue weighted by Crippen LogP contribution is -2.59. The van der Waals surface area contributed by atoms with Crippen LogP contribution in [0, 0.1) is 0 Å². The predicted molar refractivity (Wildman–Crippen MR) is 81.5 cm³/mol. The Morgan fingerprint density at radius 1 is 1.64 bits per heavy atom. The summed E-state index contributed by atoms with van der Waals surface area (Å²) < 4.78 is 3.45. The number of hydrogen-bond acceptors (Lipinski definition) is 6. The minimum absolute atomic E-state index is 0.0710. The molecule has 22 heavy (non-hydrogen) atoms. The smallest absolute Gasteiger partial charge is 0.329 e. The fourth-order valence-corrected chi connectivity index (χ4v) is 3.52. The average Bonchev–Trinajstić information content (AvgIpc) is 2.87. The maximum absolute atomic E-state index is 12.3. The van der Waals surface area contributed by atoms with Gasteiger partial charge in [0, 0.05) is 13.1 Å². The second-order valence-electron chi connectivity index (χ2n) is 5.63. The Bertz CT molecular complexity index is 471. The summed E-state index contributed by atoms with van der Waals surface area (Å²) in [6.07, 6.45) is -0.747. The first-order chi connectivity index (χ1) is 10.1. The Morgan fingerprint density at radius 3 is 2.77 bits per heavy atom. The number of nitrogens with zero attached hydrogens (tertiary/aromatic N) is 1. The summed E-state index contributed by atoms with van der Waals surface area (Å²) in [5.74, 6) is -1.22. The van der Waals surface area contributed by atoms with Gasteiger partial charge < -0.3 is 20.9 Å². The van der Waals surface area contributed by atoms with Gasteiger partial charge in [-0.25, -0.2) is 9.69 Å². The number of aliphatic hydroxyl groups is 1. The number of halogens is 3. The summed E-state index contributed by atoms with van der Waals surface area (Å²) in [4.78, 5) is 25.4. The monoisotopic (exact) mass is 373 g/mol. The van der Waals surface area contributed by atoms with E-state index >= 15 is 0 Å². The molecule has 0 aromatic rings. The van der Waals surface area contributed by atoms with E-state index in [2.05, 4.69) is 5.32 Å². The lowest BCUT2D eigenvalue weighted by atomic mass is 9.96. The third-order valence-electron chi connectivity index (χ3n) is 4.10. The molecule has 0 bridgehead atoms. The lowest BCUT2D eigenvalue weighted by Gasteiger charge is -2.33. The molecule has 1 amide bonds. The number of rotatable bonds is 5. The number of nitrogens with one attached hydrogen (secondary N) is 1. The van der Waals surface area contributed by atoms with Crippen LogP contribution in [-0.4, -0.2) is 62.7 Å². The SMILES string of the molecule is CC(O)[C@H](NC[C@]12CCCN1[C@H](C(Cl)(Cl)Cl)OC2=O)C(N)=O. The number of esters is 1. The van der Waals surface area contributed by atoms with E-state index in [-0.39, 0.29) is 6.54 Å². The summed E-state index contributed by atoms with van der Waals surface area (Å²) in [5, 5.41) is 12.4. The van der Waals surface area contributed by atoms with Crippen LogP contribution < -0.4 is 11.1 Å². The van der Waals surface area contributed by atoms with Crippen molar-refractivity contribution < 1.29 is 19.4 Å². The van der Waals surface area contributed by atoms with E-state index in [1.807, 2.05) is 0 Å². The molecule has 10 heteroatoms. The first-order valence-corrected chi connectivity index (χ1v) is 7.98. The normalized spacial score (nSPS) is 31.7. The van der Waals surface area contributed by atoms with Crippen LogP contribution >= 0.6 is 34.8 Å². The summed E-state index contributed by atoms with van der Waals surface area (Å²) in [6.45, 7) is 2.03. The van der Waals surface area contributed by atoms with Crippen LogP contribution in [0.2, 0.25) is 0 Å². The zero-order valence-corrected chi connectivity index (χ0v) is 14.2. The highest BCUT2D eigenvalue weighted by Crippen LogP contribution is 2.46. The van der Waals surface area contributed by atoms with Gasteiger partial charge in [-0.1, -0.05) is 34.8 Å². The van der Waals surface area contributed by atoms with E-state index in [0.717, 1.165) is 6.42 Å². The number of nitrogens with two attached hydrogens (primary N) is 1. The number of carbonyl (C=O) groups is 2. The third kappa shape index (κ3) is 3.16. The van der Waals surface area contributed by atoms with Crippen LogP contribution in [0.4, 0.5) is 0 Å². The number of fused-ring (bicyclic) bond motifs is 1. The van der Waals surface area contributed by atoms with Crippen LogP contribution in [-0.2, 0) is 14.3 Å². The second-order valence-corrected chi connectivity index (χ2v) is 8.00. The van der Waals surface area contributed by atoms with Crippen molar-refractivity contribution >= 4 is 46.7 Å². The number of hydrogen-bond donors (Lipinski definition) is 3. The Balaban J connectivity index is 2.17. The Hall–Kier alpha value is -0.310. The molecule has 2 rings (SSSR count). The molecule has 0 aromatic heterocycles. The first-order valence-electron chi connectivity index (χ1n) is 6.85. The Morgan fingerprint density at radius 2 is 2.27 bits per heavy atom. The maximum atomic E-state index is 12.3. The standard InChI is InChI=1S/C12H18Cl3N3O4/c1-6(19)7(8(16)20)17-5-11-3-2-4-18(11)9(12(13,14)15)22-10(11)21/h6-7,9,17,19H,2-5H2,1H3,(H2,16,20)/t6?,7-,9-,11-/m0/s1. The number of primary amides is 1. The van der Waals surface area contributed by atoms with Gasteiger partial charge in [0.2, 0.25) is 15.9 Å². The molecule has 2 aliphatic heterocycles. The molecule has 0 aliphatic carbocycles. The molecule has 1 unspecified atom stereocenters. The van der Waals surface area contributed by atoms with Crippen molar-refractivity contribution in [3.8, 4) is 0 Å². The van der Waals surface area contributed by atoms with Gasteiger partial charge in [-0.05, 0) is 19.8 Å². The van der Waals surface area contributed by atoms with Crippen molar-refractivity contribution in [3.05, 3.63) is 0 Å². The Kier molecular flexibility index (Phi) is 5.16. The minimum atomic E-state index is -1.77. The first kappa shape index (κ1) is 18.0. The van der Waals surface area contributed by atoms with Gasteiger partial charge in [-0.3, -0.25) is 4.79 Å². The Labute approximate surface area is 143 Å². The summed E-state index contributed by atoms with van der Waals surface area (Å²) >= 11 is 17.6. The van der Waals surface area contributed by atoms with Gasteiger partial charge in [0.1, 0.15) is 11.6 Å². The van der Waals surface area contributed by atoms with Crippen LogP contribution in [0.3, 0.4) is 0 Å². The second kappa shape index (κ2) is 6.30. The molecule has 2 heterocycles. The van der Waals surface area contributed by atoms with E-state index < -0.39 is 39.6 Å². The minimum Gasteiger partial charge on any atom is -0.440 e. The molecule has 0 saturated carbocycles. The molecule has 7 nitrogen and oxygen atoms in total. The largest absolute Gasteiger partial charge is 0.440 e. The molecule has 0 radical (unpaired) electrons. The molecule has 0 aromatic carbocycles. The highest BCUT2D eigenvalue weighted by atomic mass is 35.6. The van der Waals surface area contributed by atoms with Crippen LogP contribution in [0.1, 0.15) is 19.8 Å². The maximum Gasteiger partial charge on any atom is 0.329 e. The number of cyclic esters (lactones) is 1. The predicted octanol–water partition coefficient (Wildman–Crippen LogP) is -0.102. The van der Waals surface area contributed by atoms with Gasteiger partial charge in [0.15, 0.2) is 0 Å². The number of ether oxygens (including phenoxy) is 1. The molecular weight excluding hydrogens is 357 g/mol. The molecule has 126 valence electrons. The highest BCUT2D eigenvalue weighted by molar-refractivity contribution is 6.68. The lowest BCUT2D eigenvalue weighted by molar-refractivity contribution is -0.145. The fourth-order valence-electron chi connectivity index (χ4n) is 3.03. The number of alkyl halides is 3. The summed E-state index contributed by atoms with van der Waals surface area (Å²) in [6, 6.07) is -0.976. The van der Waals surface area contributed by atoms with Gasteiger partial charge in [0.05, 0.1) is 6.10 Å². The van der Waals surface area contributed by atoms with Crippen LogP contribution in [0.15, 0.2) is 0 Å². The zero-order chi connectivity index (χ0) is 16.7. The van der Waals surface area contributed by atoms with E-state index in [9.17, 15) is 14.7 Å². The number of amides is 1.